The van der Waals surface area contributed by atoms with Crippen LogP contribution in [0.2, 0.25) is 0 Å². The first-order valence-electron chi connectivity index (χ1n) is 4.39. The minimum absolute atomic E-state index is 0.222. The van der Waals surface area contributed by atoms with Gasteiger partial charge in [-0.3, -0.25) is 4.98 Å². The fourth-order valence-corrected chi connectivity index (χ4v) is 1.25. The van der Waals surface area contributed by atoms with Crippen LogP contribution in [0, 0.1) is 0 Å². The van der Waals surface area contributed by atoms with E-state index in [0.717, 1.165) is 0 Å². The van der Waals surface area contributed by atoms with Gasteiger partial charge in [-0.2, -0.15) is 0 Å². The Morgan fingerprint density at radius 2 is 2.07 bits per heavy atom. The number of anilines is 1. The molecule has 0 unspecified atom stereocenters. The standard InChI is InChI=1S/C10H10N4O/c1-15-8-3-2-5-12-9(8)7-4-6-13-10(11)14-7/h2-6H,1H3,(H2,11,13,14). The van der Waals surface area contributed by atoms with Crippen LogP contribution < -0.4 is 10.5 Å². The summed E-state index contributed by atoms with van der Waals surface area (Å²) in [4.78, 5) is 12.1. The average molecular weight is 202 g/mol. The van der Waals surface area contributed by atoms with E-state index in [-0.39, 0.29) is 5.95 Å². The fraction of sp³-hybridized carbons (Fsp3) is 0.100. The molecule has 0 saturated heterocycles. The van der Waals surface area contributed by atoms with E-state index in [2.05, 4.69) is 15.0 Å². The van der Waals surface area contributed by atoms with Gasteiger partial charge < -0.3 is 10.5 Å². The van der Waals surface area contributed by atoms with Gasteiger partial charge in [-0.05, 0) is 18.2 Å². The summed E-state index contributed by atoms with van der Waals surface area (Å²) in [5.74, 6) is 0.885. The minimum Gasteiger partial charge on any atom is -0.494 e. The molecule has 2 aromatic heterocycles. The number of nitrogen functional groups attached to an aromatic ring is 1. The summed E-state index contributed by atoms with van der Waals surface area (Å²) in [6.07, 6.45) is 3.27. The van der Waals surface area contributed by atoms with Crippen molar-refractivity contribution in [2.24, 2.45) is 0 Å². The number of methoxy groups -OCH3 is 1. The molecule has 15 heavy (non-hydrogen) atoms. The Kier molecular flexibility index (Phi) is 2.45. The molecule has 0 bridgehead atoms. The van der Waals surface area contributed by atoms with Crippen molar-refractivity contribution in [2.75, 3.05) is 12.8 Å². The molecule has 0 aliphatic heterocycles. The van der Waals surface area contributed by atoms with Crippen LogP contribution in [-0.2, 0) is 0 Å². The van der Waals surface area contributed by atoms with E-state index in [0.29, 0.717) is 17.1 Å². The minimum atomic E-state index is 0.222. The van der Waals surface area contributed by atoms with E-state index in [1.54, 1.807) is 31.6 Å². The fourth-order valence-electron chi connectivity index (χ4n) is 1.25. The molecular weight excluding hydrogens is 192 g/mol. The van der Waals surface area contributed by atoms with Gasteiger partial charge in [-0.1, -0.05) is 0 Å². The second-order valence-electron chi connectivity index (χ2n) is 2.85. The van der Waals surface area contributed by atoms with Crippen molar-refractivity contribution in [1.82, 2.24) is 15.0 Å². The predicted molar refractivity (Wildman–Crippen MR) is 56.2 cm³/mol. The molecule has 0 atom stereocenters. The molecule has 0 radical (unpaired) electrons. The second kappa shape index (κ2) is 3.91. The molecule has 0 spiro atoms. The monoisotopic (exact) mass is 202 g/mol. The molecule has 76 valence electrons. The van der Waals surface area contributed by atoms with Crippen molar-refractivity contribution in [3.8, 4) is 17.1 Å². The Labute approximate surface area is 87.0 Å². The molecule has 5 nitrogen and oxygen atoms in total. The molecule has 2 aromatic rings. The quantitative estimate of drug-likeness (QED) is 0.790. The van der Waals surface area contributed by atoms with Gasteiger partial charge in [0.15, 0.2) is 0 Å². The van der Waals surface area contributed by atoms with E-state index in [1.807, 2.05) is 6.07 Å². The maximum Gasteiger partial charge on any atom is 0.220 e. The van der Waals surface area contributed by atoms with Crippen molar-refractivity contribution in [1.29, 1.82) is 0 Å². The van der Waals surface area contributed by atoms with Gasteiger partial charge in [0.05, 0.1) is 12.8 Å². The third kappa shape index (κ3) is 1.85. The summed E-state index contributed by atoms with van der Waals surface area (Å²) < 4.78 is 5.18. The van der Waals surface area contributed by atoms with Gasteiger partial charge in [-0.25, -0.2) is 9.97 Å². The van der Waals surface area contributed by atoms with Crippen molar-refractivity contribution >= 4 is 5.95 Å². The first kappa shape index (κ1) is 9.39. The largest absolute Gasteiger partial charge is 0.494 e. The SMILES string of the molecule is COc1cccnc1-c1ccnc(N)n1. The van der Waals surface area contributed by atoms with Crippen LogP contribution in [0.4, 0.5) is 5.95 Å². The molecular formula is C10H10N4O. The summed E-state index contributed by atoms with van der Waals surface area (Å²) in [7, 11) is 1.59. The summed E-state index contributed by atoms with van der Waals surface area (Å²) in [6, 6.07) is 5.36. The maximum atomic E-state index is 5.50. The summed E-state index contributed by atoms with van der Waals surface area (Å²) in [6.45, 7) is 0. The van der Waals surface area contributed by atoms with Gasteiger partial charge >= 0.3 is 0 Å². The highest BCUT2D eigenvalue weighted by Gasteiger charge is 2.07. The summed E-state index contributed by atoms with van der Waals surface area (Å²) in [5.41, 5.74) is 6.81. The Hall–Kier alpha value is -2.17. The normalized spacial score (nSPS) is 9.93. The molecule has 0 aliphatic carbocycles. The molecule has 0 saturated carbocycles. The maximum absolute atomic E-state index is 5.50. The Morgan fingerprint density at radius 3 is 2.80 bits per heavy atom. The molecule has 0 fully saturated rings. The van der Waals surface area contributed by atoms with E-state index in [9.17, 15) is 0 Å². The highest BCUT2D eigenvalue weighted by atomic mass is 16.5. The lowest BCUT2D eigenvalue weighted by Gasteiger charge is -2.05. The first-order chi connectivity index (χ1) is 7.31. The van der Waals surface area contributed by atoms with Crippen molar-refractivity contribution in [2.45, 2.75) is 0 Å². The van der Waals surface area contributed by atoms with Crippen LogP contribution in [0.1, 0.15) is 0 Å². The molecule has 2 rings (SSSR count). The van der Waals surface area contributed by atoms with Crippen molar-refractivity contribution in [3.05, 3.63) is 30.6 Å². The molecule has 2 heterocycles. The second-order valence-corrected chi connectivity index (χ2v) is 2.85. The van der Waals surface area contributed by atoms with Gasteiger partial charge in [0.1, 0.15) is 11.4 Å². The summed E-state index contributed by atoms with van der Waals surface area (Å²) >= 11 is 0. The van der Waals surface area contributed by atoms with Crippen LogP contribution in [0.25, 0.3) is 11.4 Å². The predicted octanol–water partition coefficient (Wildman–Crippen LogP) is 1.13. The van der Waals surface area contributed by atoms with Crippen LogP contribution in [0.15, 0.2) is 30.6 Å². The number of nitrogens with zero attached hydrogens (tertiary/aromatic N) is 3. The first-order valence-corrected chi connectivity index (χ1v) is 4.39. The smallest absolute Gasteiger partial charge is 0.220 e. The molecule has 5 heteroatoms. The lowest BCUT2D eigenvalue weighted by atomic mass is 10.2. The lowest BCUT2D eigenvalue weighted by molar-refractivity contribution is 0.414. The van der Waals surface area contributed by atoms with E-state index >= 15 is 0 Å². The van der Waals surface area contributed by atoms with Gasteiger partial charge in [0.25, 0.3) is 0 Å². The number of hydrogen-bond acceptors (Lipinski definition) is 5. The van der Waals surface area contributed by atoms with Crippen LogP contribution >= 0.6 is 0 Å². The number of ether oxygens (including phenoxy) is 1. The zero-order chi connectivity index (χ0) is 10.7. The van der Waals surface area contributed by atoms with Crippen LogP contribution in [0.3, 0.4) is 0 Å². The molecule has 0 amide bonds. The van der Waals surface area contributed by atoms with E-state index in [1.165, 1.54) is 0 Å². The third-order valence-corrected chi connectivity index (χ3v) is 1.91. The third-order valence-electron chi connectivity index (χ3n) is 1.91. The van der Waals surface area contributed by atoms with Crippen LogP contribution in [-0.4, -0.2) is 22.1 Å². The molecule has 0 aliphatic rings. The number of hydrogen-bond donors (Lipinski definition) is 1. The summed E-state index contributed by atoms with van der Waals surface area (Å²) in [5, 5.41) is 0. The Morgan fingerprint density at radius 1 is 1.20 bits per heavy atom. The number of nitrogens with two attached hydrogens (primary N) is 1. The highest BCUT2D eigenvalue weighted by molar-refractivity contribution is 5.62. The van der Waals surface area contributed by atoms with Crippen LogP contribution in [0.5, 0.6) is 5.75 Å². The highest BCUT2D eigenvalue weighted by Crippen LogP contribution is 2.25. The molecule has 0 aromatic carbocycles. The van der Waals surface area contributed by atoms with Gasteiger partial charge in [0.2, 0.25) is 5.95 Å². The Balaban J connectivity index is 2.53. The number of pyridine rings is 1. The lowest BCUT2D eigenvalue weighted by Crippen LogP contribution is -1.97. The van der Waals surface area contributed by atoms with Crippen molar-refractivity contribution in [3.63, 3.8) is 0 Å². The molecule has 2 N–H and O–H groups in total. The van der Waals surface area contributed by atoms with Gasteiger partial charge in [-0.15, -0.1) is 0 Å². The van der Waals surface area contributed by atoms with E-state index in [4.69, 9.17) is 10.5 Å². The van der Waals surface area contributed by atoms with Crippen molar-refractivity contribution < 1.29 is 4.74 Å². The average Bonchev–Trinajstić information content (AvgIpc) is 2.29. The number of rotatable bonds is 2. The zero-order valence-corrected chi connectivity index (χ0v) is 8.21. The van der Waals surface area contributed by atoms with E-state index < -0.39 is 0 Å². The van der Waals surface area contributed by atoms with Gasteiger partial charge in [0, 0.05) is 12.4 Å². The Bertz CT molecular complexity index is 472. The zero-order valence-electron chi connectivity index (χ0n) is 8.21. The topological polar surface area (TPSA) is 73.9 Å². The number of aromatic nitrogens is 3.